The van der Waals surface area contributed by atoms with Gasteiger partial charge in [-0.15, -0.1) is 5.10 Å². The predicted molar refractivity (Wildman–Crippen MR) is 73.0 cm³/mol. The number of hydrogen-bond acceptors (Lipinski definition) is 2. The van der Waals surface area contributed by atoms with Gasteiger partial charge in [-0.25, -0.2) is 0 Å². The number of rotatable bonds is 4. The molecule has 0 saturated heterocycles. The molecule has 0 aliphatic heterocycles. The lowest BCUT2D eigenvalue weighted by Gasteiger charge is -2.05. The molecular weight excluding hydrogens is 212 g/mol. The molecule has 0 spiro atoms. The fourth-order valence-electron chi connectivity index (χ4n) is 1.54. The van der Waals surface area contributed by atoms with Crippen LogP contribution in [0.2, 0.25) is 0 Å². The molecule has 0 saturated carbocycles. The quantitative estimate of drug-likeness (QED) is 0.472. The van der Waals surface area contributed by atoms with Crippen LogP contribution in [0.5, 0.6) is 0 Å². The van der Waals surface area contributed by atoms with Crippen LogP contribution >= 0.6 is 0 Å². The summed E-state index contributed by atoms with van der Waals surface area (Å²) < 4.78 is 0. The highest BCUT2D eigenvalue weighted by atomic mass is 15.3. The van der Waals surface area contributed by atoms with Crippen molar-refractivity contribution >= 4 is 11.7 Å². The maximum absolute atomic E-state index is 5.22. The van der Waals surface area contributed by atoms with E-state index in [1.807, 2.05) is 19.1 Å². The van der Waals surface area contributed by atoms with Crippen molar-refractivity contribution in [2.24, 2.45) is 27.6 Å². The van der Waals surface area contributed by atoms with Gasteiger partial charge in [-0.3, -0.25) is 0 Å². The van der Waals surface area contributed by atoms with Crippen molar-refractivity contribution < 1.29 is 0 Å². The minimum atomic E-state index is -0.0271. The Hall–Kier alpha value is -1.84. The second kappa shape index (κ2) is 6.03. The molecule has 0 aliphatic rings. The van der Waals surface area contributed by atoms with Gasteiger partial charge in [0, 0.05) is 0 Å². The minimum absolute atomic E-state index is 0.0271. The van der Waals surface area contributed by atoms with Gasteiger partial charge in [0.05, 0.1) is 5.71 Å². The van der Waals surface area contributed by atoms with E-state index in [1.54, 1.807) is 0 Å². The zero-order valence-electron chi connectivity index (χ0n) is 10.6. The Kier molecular flexibility index (Phi) is 4.69. The molecule has 1 rings (SSSR count). The minimum Gasteiger partial charge on any atom is -0.369 e. The fourth-order valence-corrected chi connectivity index (χ4v) is 1.54. The van der Waals surface area contributed by atoms with E-state index in [-0.39, 0.29) is 5.96 Å². The number of nitrogens with zero attached hydrogens (tertiary/aromatic N) is 2. The molecule has 0 radical (unpaired) electrons. The van der Waals surface area contributed by atoms with E-state index >= 15 is 0 Å². The Labute approximate surface area is 102 Å². The lowest BCUT2D eigenvalue weighted by Crippen LogP contribution is -2.22. The number of nitrogens with two attached hydrogens (primary N) is 2. The van der Waals surface area contributed by atoms with Gasteiger partial charge in [0.1, 0.15) is 0 Å². The van der Waals surface area contributed by atoms with Crippen LogP contribution in [0.4, 0.5) is 0 Å². The van der Waals surface area contributed by atoms with E-state index in [1.165, 1.54) is 5.56 Å². The van der Waals surface area contributed by atoms with Crippen LogP contribution < -0.4 is 11.5 Å². The standard InChI is InChI=1S/C13H20N4/c1-9(2)8-11-4-6-12(7-5-11)10(3)16-17-13(14)15/h4-7,9H,8H2,1-3H3,(H4,14,15,17). The number of guanidine groups is 1. The van der Waals surface area contributed by atoms with Crippen LogP contribution in [-0.4, -0.2) is 11.7 Å². The second-order valence-electron chi connectivity index (χ2n) is 4.51. The third-order valence-corrected chi connectivity index (χ3v) is 2.33. The third-order valence-electron chi connectivity index (χ3n) is 2.33. The van der Waals surface area contributed by atoms with E-state index in [0.717, 1.165) is 17.7 Å². The molecule has 0 aliphatic carbocycles. The summed E-state index contributed by atoms with van der Waals surface area (Å²) in [5.74, 6) is 0.637. The normalized spacial score (nSPS) is 11.6. The van der Waals surface area contributed by atoms with Crippen LogP contribution in [0, 0.1) is 5.92 Å². The third kappa shape index (κ3) is 4.68. The summed E-state index contributed by atoms with van der Waals surface area (Å²) in [7, 11) is 0. The van der Waals surface area contributed by atoms with Gasteiger partial charge in [-0.1, -0.05) is 38.1 Å². The van der Waals surface area contributed by atoms with Crippen molar-refractivity contribution in [3.05, 3.63) is 35.4 Å². The first-order chi connectivity index (χ1) is 7.99. The maximum Gasteiger partial charge on any atom is 0.211 e. The van der Waals surface area contributed by atoms with Crippen LogP contribution in [0.1, 0.15) is 31.9 Å². The zero-order chi connectivity index (χ0) is 12.8. The first kappa shape index (κ1) is 13.2. The average Bonchev–Trinajstić information content (AvgIpc) is 2.26. The summed E-state index contributed by atoms with van der Waals surface area (Å²) in [4.78, 5) is 0. The molecule has 4 heteroatoms. The van der Waals surface area contributed by atoms with Crippen molar-refractivity contribution in [1.82, 2.24) is 0 Å². The van der Waals surface area contributed by atoms with Crippen LogP contribution in [0.3, 0.4) is 0 Å². The highest BCUT2D eigenvalue weighted by molar-refractivity contribution is 5.99. The molecule has 0 amide bonds. The molecule has 4 nitrogen and oxygen atoms in total. The summed E-state index contributed by atoms with van der Waals surface area (Å²) in [6, 6.07) is 8.31. The Morgan fingerprint density at radius 3 is 2.18 bits per heavy atom. The van der Waals surface area contributed by atoms with Crippen LogP contribution in [-0.2, 0) is 6.42 Å². The maximum atomic E-state index is 5.22. The molecule has 0 unspecified atom stereocenters. The first-order valence-electron chi connectivity index (χ1n) is 5.71. The molecule has 92 valence electrons. The molecule has 0 bridgehead atoms. The molecule has 17 heavy (non-hydrogen) atoms. The number of hydrogen-bond donors (Lipinski definition) is 2. The van der Waals surface area contributed by atoms with Gasteiger partial charge in [0.2, 0.25) is 5.96 Å². The van der Waals surface area contributed by atoms with Crippen molar-refractivity contribution in [2.75, 3.05) is 0 Å². The molecular formula is C13H20N4. The summed E-state index contributed by atoms with van der Waals surface area (Å²) in [6.07, 6.45) is 1.09. The predicted octanol–water partition coefficient (Wildman–Crippen LogP) is 1.88. The van der Waals surface area contributed by atoms with Crippen molar-refractivity contribution in [1.29, 1.82) is 0 Å². The van der Waals surface area contributed by atoms with Gasteiger partial charge in [-0.05, 0) is 30.4 Å². The molecule has 0 aromatic heterocycles. The molecule has 0 fully saturated rings. The SMILES string of the molecule is CC(=NN=C(N)N)c1ccc(CC(C)C)cc1. The van der Waals surface area contributed by atoms with Gasteiger partial charge in [-0.2, -0.15) is 5.10 Å². The molecule has 4 N–H and O–H groups in total. The highest BCUT2D eigenvalue weighted by Crippen LogP contribution is 2.10. The van der Waals surface area contributed by atoms with Crippen LogP contribution in [0.15, 0.2) is 34.5 Å². The largest absolute Gasteiger partial charge is 0.369 e. The second-order valence-corrected chi connectivity index (χ2v) is 4.51. The Morgan fingerprint density at radius 1 is 1.12 bits per heavy atom. The van der Waals surface area contributed by atoms with E-state index in [0.29, 0.717) is 5.92 Å². The van der Waals surface area contributed by atoms with Gasteiger partial charge < -0.3 is 11.5 Å². The van der Waals surface area contributed by atoms with E-state index in [4.69, 9.17) is 11.5 Å². The highest BCUT2D eigenvalue weighted by Gasteiger charge is 2.00. The smallest absolute Gasteiger partial charge is 0.211 e. The number of benzene rings is 1. The monoisotopic (exact) mass is 232 g/mol. The summed E-state index contributed by atoms with van der Waals surface area (Å²) in [6.45, 7) is 6.29. The van der Waals surface area contributed by atoms with E-state index in [9.17, 15) is 0 Å². The molecule has 0 atom stereocenters. The van der Waals surface area contributed by atoms with Gasteiger partial charge in [0.25, 0.3) is 0 Å². The van der Waals surface area contributed by atoms with Crippen molar-refractivity contribution in [3.8, 4) is 0 Å². The summed E-state index contributed by atoms with van der Waals surface area (Å²) in [5, 5.41) is 7.57. The topological polar surface area (TPSA) is 76.8 Å². The fraction of sp³-hybridized carbons (Fsp3) is 0.385. The molecule has 1 aromatic carbocycles. The lowest BCUT2D eigenvalue weighted by molar-refractivity contribution is 0.647. The molecule has 0 heterocycles. The molecule has 1 aromatic rings. The average molecular weight is 232 g/mol. The first-order valence-corrected chi connectivity index (χ1v) is 5.71. The van der Waals surface area contributed by atoms with Crippen molar-refractivity contribution in [3.63, 3.8) is 0 Å². The zero-order valence-corrected chi connectivity index (χ0v) is 10.6. The summed E-state index contributed by atoms with van der Waals surface area (Å²) >= 11 is 0. The van der Waals surface area contributed by atoms with Gasteiger partial charge in [0.15, 0.2) is 0 Å². The summed E-state index contributed by atoms with van der Waals surface area (Å²) in [5.41, 5.74) is 13.6. The lowest BCUT2D eigenvalue weighted by atomic mass is 10.0. The van der Waals surface area contributed by atoms with E-state index in [2.05, 4.69) is 36.2 Å². The van der Waals surface area contributed by atoms with Crippen LogP contribution in [0.25, 0.3) is 0 Å². The Bertz CT molecular complexity index is 412. The Morgan fingerprint density at radius 2 is 1.71 bits per heavy atom. The van der Waals surface area contributed by atoms with Crippen molar-refractivity contribution in [2.45, 2.75) is 27.2 Å². The Balaban J connectivity index is 2.80. The van der Waals surface area contributed by atoms with Gasteiger partial charge >= 0.3 is 0 Å². The van der Waals surface area contributed by atoms with E-state index < -0.39 is 0 Å².